The quantitative estimate of drug-likeness (QED) is 0.458. The number of aromatic carboxylic acids is 4. The summed E-state index contributed by atoms with van der Waals surface area (Å²) < 4.78 is 15.2. The van der Waals surface area contributed by atoms with Gasteiger partial charge < -0.3 is 20.4 Å². The number of carboxylic acid groups (broad SMARTS) is 4. The van der Waals surface area contributed by atoms with Crippen LogP contribution in [0.25, 0.3) is 10.8 Å². The van der Waals surface area contributed by atoms with Crippen molar-refractivity contribution in [2.45, 2.75) is 39.0 Å². The first-order valence-electron chi connectivity index (χ1n) is 8.87. The van der Waals surface area contributed by atoms with E-state index in [4.69, 9.17) is 0 Å². The maximum atomic E-state index is 15.2. The van der Waals surface area contributed by atoms with Crippen molar-refractivity contribution in [3.05, 3.63) is 45.8 Å². The molecule has 2 aromatic rings. The van der Waals surface area contributed by atoms with Crippen molar-refractivity contribution in [3.8, 4) is 0 Å². The summed E-state index contributed by atoms with van der Waals surface area (Å²) in [5, 5.41) is 36.8. The van der Waals surface area contributed by atoms with Gasteiger partial charge in [0.05, 0.1) is 16.7 Å². The SMILES string of the molecule is CCCCCCc1c(F)c(C(=O)O)c2c(C(=O)O)ccc(C(=O)O)c2c1C(=O)O. The molecule has 9 heteroatoms. The molecular weight excluding hydrogens is 387 g/mol. The van der Waals surface area contributed by atoms with Gasteiger partial charge in [-0.2, -0.15) is 0 Å². The van der Waals surface area contributed by atoms with Crippen molar-refractivity contribution in [3.63, 3.8) is 0 Å². The number of benzene rings is 2. The fourth-order valence-corrected chi connectivity index (χ4v) is 3.40. The van der Waals surface area contributed by atoms with Gasteiger partial charge in [0, 0.05) is 16.3 Å². The summed E-state index contributed by atoms with van der Waals surface area (Å²) in [6.07, 6.45) is 2.53. The predicted octanol–water partition coefficient (Wildman–Crippen LogP) is 3.89. The second-order valence-corrected chi connectivity index (χ2v) is 6.48. The van der Waals surface area contributed by atoms with E-state index in [0.29, 0.717) is 12.8 Å². The molecule has 0 unspecified atom stereocenters. The first-order chi connectivity index (χ1) is 13.6. The molecular formula is C20H19FO8. The van der Waals surface area contributed by atoms with E-state index >= 15 is 4.39 Å². The molecule has 29 heavy (non-hydrogen) atoms. The van der Waals surface area contributed by atoms with Crippen molar-refractivity contribution in [1.29, 1.82) is 0 Å². The van der Waals surface area contributed by atoms with E-state index in [1.54, 1.807) is 0 Å². The summed E-state index contributed by atoms with van der Waals surface area (Å²) in [7, 11) is 0. The van der Waals surface area contributed by atoms with E-state index in [1.807, 2.05) is 6.92 Å². The van der Waals surface area contributed by atoms with Crippen LogP contribution in [0.1, 0.15) is 79.6 Å². The molecule has 0 saturated carbocycles. The standard InChI is InChI=1S/C20H19FO8/c1-2-3-4-5-6-9-14(19(26)27)12-10(17(22)23)7-8-11(18(24)25)13(12)15(16(9)21)20(28)29/h7-8H,2-6H2,1H3,(H,22,23)(H,24,25)(H,26,27)(H,28,29). The molecule has 4 N–H and O–H groups in total. The number of halogens is 1. The van der Waals surface area contributed by atoms with Crippen LogP contribution in [0, 0.1) is 5.82 Å². The van der Waals surface area contributed by atoms with Gasteiger partial charge in [-0.25, -0.2) is 23.6 Å². The zero-order valence-corrected chi connectivity index (χ0v) is 15.5. The molecule has 2 rings (SSSR count). The average molecular weight is 406 g/mol. The molecule has 0 aliphatic carbocycles. The Morgan fingerprint density at radius 1 is 0.759 bits per heavy atom. The summed E-state index contributed by atoms with van der Waals surface area (Å²) in [5.41, 5.74) is -3.51. The summed E-state index contributed by atoms with van der Waals surface area (Å²) in [6.45, 7) is 1.94. The monoisotopic (exact) mass is 406 g/mol. The number of hydrogen-bond acceptors (Lipinski definition) is 4. The number of rotatable bonds is 9. The van der Waals surface area contributed by atoms with Crippen LogP contribution < -0.4 is 0 Å². The van der Waals surface area contributed by atoms with Gasteiger partial charge in [-0.1, -0.05) is 26.2 Å². The summed E-state index contributed by atoms with van der Waals surface area (Å²) in [6, 6.07) is 1.71. The van der Waals surface area contributed by atoms with Gasteiger partial charge in [0.1, 0.15) is 11.4 Å². The Morgan fingerprint density at radius 3 is 1.66 bits per heavy atom. The molecule has 0 aromatic heterocycles. The maximum absolute atomic E-state index is 15.2. The van der Waals surface area contributed by atoms with Gasteiger partial charge in [0.2, 0.25) is 0 Å². The number of carboxylic acids is 4. The highest BCUT2D eigenvalue weighted by atomic mass is 19.1. The number of fused-ring (bicyclic) bond motifs is 1. The Balaban J connectivity index is 3.07. The first-order valence-corrected chi connectivity index (χ1v) is 8.87. The molecule has 2 aromatic carbocycles. The lowest BCUT2D eigenvalue weighted by atomic mass is 9.86. The van der Waals surface area contributed by atoms with Crippen LogP contribution in [0.2, 0.25) is 0 Å². The summed E-state index contributed by atoms with van der Waals surface area (Å²) >= 11 is 0. The zero-order chi connectivity index (χ0) is 21.9. The molecule has 0 fully saturated rings. The molecule has 0 bridgehead atoms. The molecule has 0 atom stereocenters. The van der Waals surface area contributed by atoms with Crippen LogP contribution in [-0.2, 0) is 6.42 Å². The lowest BCUT2D eigenvalue weighted by molar-refractivity contribution is 0.0671. The Morgan fingerprint density at radius 2 is 1.24 bits per heavy atom. The van der Waals surface area contributed by atoms with Crippen molar-refractivity contribution in [1.82, 2.24) is 0 Å². The number of carbonyl (C=O) groups is 4. The van der Waals surface area contributed by atoms with E-state index in [1.165, 1.54) is 0 Å². The third-order valence-corrected chi connectivity index (χ3v) is 4.66. The fraction of sp³-hybridized carbons (Fsp3) is 0.300. The van der Waals surface area contributed by atoms with Crippen molar-refractivity contribution < 1.29 is 44.0 Å². The van der Waals surface area contributed by atoms with Gasteiger partial charge in [0.15, 0.2) is 0 Å². The third kappa shape index (κ3) is 4.03. The molecule has 0 amide bonds. The second kappa shape index (κ2) is 8.68. The third-order valence-electron chi connectivity index (χ3n) is 4.66. The van der Waals surface area contributed by atoms with E-state index in [0.717, 1.165) is 25.0 Å². The van der Waals surface area contributed by atoms with Crippen LogP contribution in [-0.4, -0.2) is 44.3 Å². The van der Waals surface area contributed by atoms with Gasteiger partial charge in [-0.3, -0.25) is 0 Å². The summed E-state index contributed by atoms with van der Waals surface area (Å²) in [5.74, 6) is -8.07. The minimum atomic E-state index is -1.82. The van der Waals surface area contributed by atoms with Crippen molar-refractivity contribution in [2.75, 3.05) is 0 Å². The molecule has 0 spiro atoms. The molecule has 0 aliphatic heterocycles. The lowest BCUT2D eigenvalue weighted by Gasteiger charge is -2.17. The smallest absolute Gasteiger partial charge is 0.339 e. The highest BCUT2D eigenvalue weighted by Gasteiger charge is 2.32. The first kappa shape index (κ1) is 21.8. The zero-order valence-electron chi connectivity index (χ0n) is 15.5. The molecule has 0 aliphatic rings. The van der Waals surface area contributed by atoms with E-state index < -0.39 is 68.3 Å². The lowest BCUT2D eigenvalue weighted by Crippen LogP contribution is -2.17. The van der Waals surface area contributed by atoms with Crippen molar-refractivity contribution >= 4 is 34.6 Å². The normalized spacial score (nSPS) is 10.8. The molecule has 0 radical (unpaired) electrons. The Kier molecular flexibility index (Phi) is 6.53. The van der Waals surface area contributed by atoms with Gasteiger partial charge in [0.25, 0.3) is 0 Å². The van der Waals surface area contributed by atoms with E-state index in [2.05, 4.69) is 0 Å². The molecule has 0 heterocycles. The van der Waals surface area contributed by atoms with Crippen LogP contribution in [0.15, 0.2) is 12.1 Å². The topological polar surface area (TPSA) is 149 Å². The van der Waals surface area contributed by atoms with Crippen LogP contribution in [0.4, 0.5) is 4.39 Å². The molecule has 8 nitrogen and oxygen atoms in total. The number of unbranched alkanes of at least 4 members (excludes halogenated alkanes) is 3. The molecule has 0 saturated heterocycles. The van der Waals surface area contributed by atoms with Gasteiger partial charge in [-0.05, 0) is 25.0 Å². The van der Waals surface area contributed by atoms with Crippen LogP contribution in [0.3, 0.4) is 0 Å². The highest BCUT2D eigenvalue weighted by Crippen LogP contribution is 2.36. The van der Waals surface area contributed by atoms with E-state index in [-0.39, 0.29) is 6.42 Å². The Hall–Kier alpha value is -3.49. The Labute approximate surface area is 164 Å². The Bertz CT molecular complexity index is 1030. The van der Waals surface area contributed by atoms with Gasteiger partial charge in [-0.15, -0.1) is 0 Å². The van der Waals surface area contributed by atoms with Crippen molar-refractivity contribution in [2.24, 2.45) is 0 Å². The maximum Gasteiger partial charge on any atom is 0.339 e. The van der Waals surface area contributed by atoms with E-state index in [9.17, 15) is 39.6 Å². The second-order valence-electron chi connectivity index (χ2n) is 6.48. The highest BCUT2D eigenvalue weighted by molar-refractivity contribution is 6.22. The summed E-state index contributed by atoms with van der Waals surface area (Å²) in [4.78, 5) is 47.0. The predicted molar refractivity (Wildman–Crippen MR) is 99.6 cm³/mol. The van der Waals surface area contributed by atoms with Crippen LogP contribution in [0.5, 0.6) is 0 Å². The van der Waals surface area contributed by atoms with Gasteiger partial charge >= 0.3 is 23.9 Å². The average Bonchev–Trinajstić information content (AvgIpc) is 2.63. The fourth-order valence-electron chi connectivity index (χ4n) is 3.40. The minimum Gasteiger partial charge on any atom is -0.478 e. The molecule has 154 valence electrons. The minimum absolute atomic E-state index is 0.125. The van der Waals surface area contributed by atoms with Crippen LogP contribution >= 0.6 is 0 Å². The largest absolute Gasteiger partial charge is 0.478 e. The number of hydrogen-bond donors (Lipinski definition) is 4.